The molecule has 0 aliphatic rings. The van der Waals surface area contributed by atoms with E-state index in [-0.39, 0.29) is 6.61 Å². The average Bonchev–Trinajstić information content (AvgIpc) is 3.52. The molecule has 0 aliphatic heterocycles. The number of aliphatic hydroxyl groups excluding tert-OH is 1. The predicted octanol–water partition coefficient (Wildman–Crippen LogP) is 5.29. The summed E-state index contributed by atoms with van der Waals surface area (Å²) in [6, 6.07) is 23.3. The molecule has 7 heteroatoms. The highest BCUT2D eigenvalue weighted by Gasteiger charge is 2.17. The van der Waals surface area contributed by atoms with Gasteiger partial charge in [0.15, 0.2) is 0 Å². The number of benzene rings is 2. The minimum atomic E-state index is -0.711. The highest BCUT2D eigenvalue weighted by atomic mass is 16.5. The van der Waals surface area contributed by atoms with Crippen LogP contribution in [0.2, 0.25) is 0 Å². The summed E-state index contributed by atoms with van der Waals surface area (Å²) in [6.07, 6.45) is 3.08. The molecular weight excluding hydrogens is 428 g/mol. The number of nitrogens with zero attached hydrogens (tertiary/aromatic N) is 3. The zero-order valence-corrected chi connectivity index (χ0v) is 18.7. The van der Waals surface area contributed by atoms with Gasteiger partial charge in [-0.25, -0.2) is 9.97 Å². The number of rotatable bonds is 8. The molecule has 1 unspecified atom stereocenters. The van der Waals surface area contributed by atoms with E-state index in [2.05, 4.69) is 20.2 Å². The van der Waals surface area contributed by atoms with Crippen molar-refractivity contribution < 1.29 is 14.3 Å². The second kappa shape index (κ2) is 9.72. The van der Waals surface area contributed by atoms with Crippen molar-refractivity contribution in [1.29, 1.82) is 0 Å². The van der Waals surface area contributed by atoms with Crippen molar-refractivity contribution in [3.63, 3.8) is 0 Å². The van der Waals surface area contributed by atoms with E-state index in [1.165, 1.54) is 0 Å². The molecule has 0 saturated heterocycles. The molecule has 34 heavy (non-hydrogen) atoms. The molecule has 0 aliphatic carbocycles. The van der Waals surface area contributed by atoms with E-state index in [4.69, 9.17) is 9.15 Å². The number of oxazole rings is 1. The van der Waals surface area contributed by atoms with Gasteiger partial charge in [0.05, 0.1) is 18.0 Å². The number of aromatic nitrogens is 4. The maximum Gasteiger partial charge on any atom is 0.226 e. The molecule has 0 fully saturated rings. The number of aryl methyl sites for hydroxylation is 1. The second-order valence-corrected chi connectivity index (χ2v) is 7.97. The van der Waals surface area contributed by atoms with Crippen molar-refractivity contribution in [3.05, 3.63) is 108 Å². The van der Waals surface area contributed by atoms with E-state index >= 15 is 0 Å². The Morgan fingerprint density at radius 3 is 2.38 bits per heavy atom. The first-order chi connectivity index (χ1) is 16.7. The average molecular weight is 453 g/mol. The third-order valence-electron chi connectivity index (χ3n) is 5.59. The van der Waals surface area contributed by atoms with Gasteiger partial charge in [-0.1, -0.05) is 54.6 Å². The third kappa shape index (κ3) is 4.74. The second-order valence-electron chi connectivity index (χ2n) is 7.97. The fraction of sp³-hybridized carbons (Fsp3) is 0.148. The Hall–Kier alpha value is -4.23. The van der Waals surface area contributed by atoms with Crippen LogP contribution in [0, 0.1) is 6.92 Å². The Kier molecular flexibility index (Phi) is 6.18. The minimum Gasteiger partial charge on any atom is -0.471 e. The Balaban J connectivity index is 1.22. The zero-order chi connectivity index (χ0) is 23.3. The van der Waals surface area contributed by atoms with Gasteiger partial charge in [0.1, 0.15) is 18.1 Å². The zero-order valence-electron chi connectivity index (χ0n) is 18.7. The van der Waals surface area contributed by atoms with Crippen LogP contribution in [0.5, 0.6) is 5.88 Å². The third-order valence-corrected chi connectivity index (χ3v) is 5.59. The molecule has 3 heterocycles. The van der Waals surface area contributed by atoms with Crippen molar-refractivity contribution >= 4 is 0 Å². The van der Waals surface area contributed by atoms with Gasteiger partial charge in [-0.05, 0) is 30.2 Å². The van der Waals surface area contributed by atoms with Crippen molar-refractivity contribution in [2.45, 2.75) is 26.1 Å². The molecule has 0 bridgehead atoms. The Labute approximate surface area is 197 Å². The van der Waals surface area contributed by atoms with Crippen LogP contribution in [0.3, 0.4) is 0 Å². The summed E-state index contributed by atoms with van der Waals surface area (Å²) >= 11 is 0. The molecule has 5 aromatic rings. The van der Waals surface area contributed by atoms with Crippen molar-refractivity contribution in [1.82, 2.24) is 20.2 Å². The first-order valence-corrected chi connectivity index (χ1v) is 11.0. The van der Waals surface area contributed by atoms with Gasteiger partial charge in [-0.2, -0.15) is 5.10 Å². The van der Waals surface area contributed by atoms with Gasteiger partial charge in [-0.3, -0.25) is 5.10 Å². The molecule has 3 aromatic heterocycles. The first kappa shape index (κ1) is 21.6. The molecule has 0 saturated carbocycles. The maximum atomic E-state index is 10.8. The van der Waals surface area contributed by atoms with E-state index in [1.807, 2.05) is 73.7 Å². The molecule has 170 valence electrons. The van der Waals surface area contributed by atoms with Gasteiger partial charge in [0.2, 0.25) is 11.8 Å². The number of aromatic amines is 1. The van der Waals surface area contributed by atoms with E-state index < -0.39 is 6.10 Å². The Morgan fingerprint density at radius 1 is 0.941 bits per heavy atom. The summed E-state index contributed by atoms with van der Waals surface area (Å²) in [7, 11) is 0. The SMILES string of the molecule is Cc1oc(-c2ccccc2)nc1COc1ccc(CC(O)c2cn[nH]c2-c2ccccc2)cn1. The summed E-state index contributed by atoms with van der Waals surface area (Å²) in [6.45, 7) is 2.13. The fourth-order valence-corrected chi connectivity index (χ4v) is 3.74. The lowest BCUT2D eigenvalue weighted by molar-refractivity contribution is 0.179. The summed E-state index contributed by atoms with van der Waals surface area (Å²) in [4.78, 5) is 8.94. The van der Waals surface area contributed by atoms with E-state index in [0.717, 1.165) is 33.6 Å². The van der Waals surface area contributed by atoms with Crippen LogP contribution in [0.4, 0.5) is 0 Å². The number of ether oxygens (including phenoxy) is 1. The predicted molar refractivity (Wildman–Crippen MR) is 128 cm³/mol. The molecule has 0 spiro atoms. The van der Waals surface area contributed by atoms with Crippen LogP contribution in [-0.4, -0.2) is 25.3 Å². The Morgan fingerprint density at radius 2 is 1.68 bits per heavy atom. The number of hydrogen-bond donors (Lipinski definition) is 2. The van der Waals surface area contributed by atoms with Crippen LogP contribution in [0.15, 0.2) is 89.6 Å². The van der Waals surface area contributed by atoms with Crippen LogP contribution in [-0.2, 0) is 13.0 Å². The summed E-state index contributed by atoms with van der Waals surface area (Å²) in [5, 5.41) is 17.9. The van der Waals surface area contributed by atoms with Crippen molar-refractivity contribution in [3.8, 4) is 28.6 Å². The lowest BCUT2D eigenvalue weighted by Crippen LogP contribution is -2.04. The van der Waals surface area contributed by atoms with Crippen molar-refractivity contribution in [2.24, 2.45) is 0 Å². The molecular formula is C27H24N4O3. The quantitative estimate of drug-likeness (QED) is 0.332. The summed E-state index contributed by atoms with van der Waals surface area (Å²) in [5.41, 5.74) is 5.10. The van der Waals surface area contributed by atoms with Gasteiger partial charge in [-0.15, -0.1) is 0 Å². The van der Waals surface area contributed by atoms with E-state index in [0.29, 0.717) is 24.0 Å². The van der Waals surface area contributed by atoms with Gasteiger partial charge in [0.25, 0.3) is 0 Å². The number of nitrogens with one attached hydrogen (secondary N) is 1. The lowest BCUT2D eigenvalue weighted by Gasteiger charge is -2.12. The van der Waals surface area contributed by atoms with Gasteiger partial charge < -0.3 is 14.3 Å². The van der Waals surface area contributed by atoms with Crippen LogP contribution < -0.4 is 4.74 Å². The number of hydrogen-bond acceptors (Lipinski definition) is 6. The van der Waals surface area contributed by atoms with E-state index in [1.54, 1.807) is 18.5 Å². The molecule has 2 aromatic carbocycles. The van der Waals surface area contributed by atoms with Crippen LogP contribution in [0.1, 0.15) is 28.7 Å². The highest BCUT2D eigenvalue weighted by molar-refractivity contribution is 5.63. The Bertz CT molecular complexity index is 1350. The molecule has 7 nitrogen and oxygen atoms in total. The molecule has 2 N–H and O–H groups in total. The smallest absolute Gasteiger partial charge is 0.226 e. The highest BCUT2D eigenvalue weighted by Crippen LogP contribution is 2.28. The van der Waals surface area contributed by atoms with E-state index in [9.17, 15) is 5.11 Å². The number of aliphatic hydroxyl groups is 1. The molecule has 0 amide bonds. The van der Waals surface area contributed by atoms with Gasteiger partial charge >= 0.3 is 0 Å². The van der Waals surface area contributed by atoms with Crippen molar-refractivity contribution in [2.75, 3.05) is 0 Å². The molecule has 0 radical (unpaired) electrons. The molecule has 5 rings (SSSR count). The normalized spacial score (nSPS) is 11.9. The topological polar surface area (TPSA) is 97.1 Å². The largest absolute Gasteiger partial charge is 0.471 e. The maximum absolute atomic E-state index is 10.8. The molecule has 1 atom stereocenters. The first-order valence-electron chi connectivity index (χ1n) is 11.0. The number of H-pyrrole nitrogens is 1. The fourth-order valence-electron chi connectivity index (χ4n) is 3.74. The number of pyridine rings is 1. The van der Waals surface area contributed by atoms with Gasteiger partial charge in [0, 0.05) is 29.8 Å². The lowest BCUT2D eigenvalue weighted by atomic mass is 10.00. The van der Waals surface area contributed by atoms with Crippen LogP contribution >= 0.6 is 0 Å². The standard InChI is InChI=1S/C27H24N4O3/c1-18-23(30-27(34-18)21-10-6-3-7-11-21)17-33-25-13-12-19(15-28-25)14-24(32)22-16-29-31-26(22)20-8-4-2-5-9-20/h2-13,15-16,24,32H,14,17H2,1H3,(H,29,31). The van der Waals surface area contributed by atoms with Crippen LogP contribution in [0.25, 0.3) is 22.7 Å². The monoisotopic (exact) mass is 452 g/mol. The summed E-state index contributed by atoms with van der Waals surface area (Å²) < 4.78 is 11.6. The minimum absolute atomic E-state index is 0.257. The summed E-state index contributed by atoms with van der Waals surface area (Å²) in [5.74, 6) is 1.77.